The summed E-state index contributed by atoms with van der Waals surface area (Å²) in [6.07, 6.45) is 4.96. The number of aryl methyl sites for hydroxylation is 1. The Morgan fingerprint density at radius 2 is 2.40 bits per heavy atom. The van der Waals surface area contributed by atoms with E-state index in [1.165, 1.54) is 5.56 Å². The number of hydrogen-bond donors (Lipinski definition) is 2. The molecule has 0 aromatic carbocycles. The molecule has 0 fully saturated rings. The lowest BCUT2D eigenvalue weighted by Gasteiger charge is -2.02. The lowest BCUT2D eigenvalue weighted by molar-refractivity contribution is 0.199. The van der Waals surface area contributed by atoms with Crippen molar-refractivity contribution in [2.75, 3.05) is 26.9 Å². The number of aliphatic hydroxyl groups excluding tert-OH is 1. The van der Waals surface area contributed by atoms with Crippen molar-refractivity contribution in [2.24, 2.45) is 0 Å². The van der Waals surface area contributed by atoms with Crippen LogP contribution in [0.2, 0.25) is 0 Å². The Kier molecular flexibility index (Phi) is 6.08. The lowest BCUT2D eigenvalue weighted by Crippen LogP contribution is -2.18. The molecule has 1 heterocycles. The summed E-state index contributed by atoms with van der Waals surface area (Å²) in [7, 11) is 1.70. The molecule has 0 atom stereocenters. The van der Waals surface area contributed by atoms with E-state index in [-0.39, 0.29) is 6.61 Å². The summed E-state index contributed by atoms with van der Waals surface area (Å²) in [6.45, 7) is 3.62. The van der Waals surface area contributed by atoms with Crippen molar-refractivity contribution in [1.29, 1.82) is 0 Å². The molecule has 4 heteroatoms. The number of aliphatic hydroxyl groups is 1. The molecule has 0 saturated carbocycles. The molecule has 1 aromatic heterocycles. The van der Waals surface area contributed by atoms with Gasteiger partial charge in [-0.25, -0.2) is 0 Å². The van der Waals surface area contributed by atoms with Crippen LogP contribution in [-0.4, -0.2) is 36.5 Å². The maximum absolute atomic E-state index is 8.70. The molecule has 0 aliphatic rings. The van der Waals surface area contributed by atoms with E-state index in [4.69, 9.17) is 9.84 Å². The minimum atomic E-state index is 0.250. The van der Waals surface area contributed by atoms with Crippen LogP contribution in [-0.2, 0) is 17.8 Å². The van der Waals surface area contributed by atoms with Crippen LogP contribution in [0.15, 0.2) is 18.5 Å². The molecular formula is C11H20N2O2. The van der Waals surface area contributed by atoms with Gasteiger partial charge in [-0.1, -0.05) is 0 Å². The van der Waals surface area contributed by atoms with Crippen molar-refractivity contribution in [2.45, 2.75) is 19.5 Å². The third-order valence-electron chi connectivity index (χ3n) is 2.20. The van der Waals surface area contributed by atoms with Crippen molar-refractivity contribution < 1.29 is 9.84 Å². The summed E-state index contributed by atoms with van der Waals surface area (Å²) in [5, 5.41) is 12.0. The van der Waals surface area contributed by atoms with E-state index in [9.17, 15) is 0 Å². The van der Waals surface area contributed by atoms with E-state index in [2.05, 4.69) is 22.1 Å². The average Bonchev–Trinajstić information content (AvgIpc) is 2.69. The van der Waals surface area contributed by atoms with Gasteiger partial charge in [-0.3, -0.25) is 0 Å². The number of aromatic nitrogens is 1. The molecule has 86 valence electrons. The summed E-state index contributed by atoms with van der Waals surface area (Å²) in [5.74, 6) is 0. The molecule has 0 bridgehead atoms. The Hall–Kier alpha value is -0.840. The second kappa shape index (κ2) is 7.45. The van der Waals surface area contributed by atoms with Gasteiger partial charge in [0.1, 0.15) is 0 Å². The summed E-state index contributed by atoms with van der Waals surface area (Å²) in [5.41, 5.74) is 1.27. The minimum absolute atomic E-state index is 0.250. The molecule has 0 saturated heterocycles. The smallest absolute Gasteiger partial charge is 0.0587 e. The fourth-order valence-corrected chi connectivity index (χ4v) is 1.39. The molecular weight excluding hydrogens is 192 g/mol. The third-order valence-corrected chi connectivity index (χ3v) is 2.20. The highest BCUT2D eigenvalue weighted by Crippen LogP contribution is 2.01. The number of nitrogens with one attached hydrogen (secondary N) is 1. The predicted octanol–water partition coefficient (Wildman–Crippen LogP) is 0.606. The van der Waals surface area contributed by atoms with Crippen LogP contribution in [0.5, 0.6) is 0 Å². The highest BCUT2D eigenvalue weighted by atomic mass is 16.5. The van der Waals surface area contributed by atoms with Crippen molar-refractivity contribution >= 4 is 0 Å². The molecule has 15 heavy (non-hydrogen) atoms. The van der Waals surface area contributed by atoms with Crippen molar-refractivity contribution in [3.8, 4) is 0 Å². The maximum Gasteiger partial charge on any atom is 0.0587 e. The predicted molar refractivity (Wildman–Crippen MR) is 59.7 cm³/mol. The Balaban J connectivity index is 2.20. The Morgan fingerprint density at radius 3 is 3.13 bits per heavy atom. The average molecular weight is 212 g/mol. The maximum atomic E-state index is 8.70. The number of hydrogen-bond acceptors (Lipinski definition) is 3. The van der Waals surface area contributed by atoms with Gasteiger partial charge in [0.2, 0.25) is 0 Å². The normalized spacial score (nSPS) is 10.8. The summed E-state index contributed by atoms with van der Waals surface area (Å²) in [4.78, 5) is 0. The van der Waals surface area contributed by atoms with Gasteiger partial charge in [0, 0.05) is 45.7 Å². The molecule has 1 rings (SSSR count). The molecule has 0 aliphatic carbocycles. The second-order valence-electron chi connectivity index (χ2n) is 3.50. The number of methoxy groups -OCH3 is 1. The molecule has 0 amide bonds. The van der Waals surface area contributed by atoms with E-state index in [0.29, 0.717) is 0 Å². The van der Waals surface area contributed by atoms with Gasteiger partial charge < -0.3 is 19.7 Å². The first kappa shape index (κ1) is 12.2. The van der Waals surface area contributed by atoms with E-state index in [1.807, 2.05) is 6.20 Å². The fraction of sp³-hybridized carbons (Fsp3) is 0.636. The van der Waals surface area contributed by atoms with Gasteiger partial charge in [-0.2, -0.15) is 0 Å². The number of nitrogens with zero attached hydrogens (tertiary/aromatic N) is 1. The van der Waals surface area contributed by atoms with Crippen molar-refractivity contribution in [3.63, 3.8) is 0 Å². The molecule has 4 nitrogen and oxygen atoms in total. The largest absolute Gasteiger partial charge is 0.396 e. The monoisotopic (exact) mass is 212 g/mol. The highest BCUT2D eigenvalue weighted by molar-refractivity contribution is 5.09. The van der Waals surface area contributed by atoms with Gasteiger partial charge in [-0.15, -0.1) is 0 Å². The van der Waals surface area contributed by atoms with Gasteiger partial charge in [0.25, 0.3) is 0 Å². The molecule has 0 unspecified atom stereocenters. The molecule has 2 N–H and O–H groups in total. The highest BCUT2D eigenvalue weighted by Gasteiger charge is 1.96. The van der Waals surface area contributed by atoms with Gasteiger partial charge in [-0.05, 0) is 18.1 Å². The summed E-state index contributed by atoms with van der Waals surface area (Å²) >= 11 is 0. The molecule has 0 aliphatic heterocycles. The molecule has 0 spiro atoms. The van der Waals surface area contributed by atoms with Crippen LogP contribution in [0.3, 0.4) is 0 Å². The van der Waals surface area contributed by atoms with Crippen LogP contribution < -0.4 is 5.32 Å². The number of ether oxygens (including phenoxy) is 1. The topological polar surface area (TPSA) is 46.4 Å². The Labute approximate surface area is 90.9 Å². The van der Waals surface area contributed by atoms with Crippen molar-refractivity contribution in [3.05, 3.63) is 24.0 Å². The van der Waals surface area contributed by atoms with E-state index in [1.54, 1.807) is 7.11 Å². The van der Waals surface area contributed by atoms with Crippen molar-refractivity contribution in [1.82, 2.24) is 9.88 Å². The first-order valence-corrected chi connectivity index (χ1v) is 5.32. The van der Waals surface area contributed by atoms with E-state index < -0.39 is 0 Å². The first-order chi connectivity index (χ1) is 7.36. The standard InChI is InChI=1S/C11H20N2O2/c1-15-8-4-12-9-11-3-6-13(10-11)5-2-7-14/h3,6,10,12,14H,2,4-5,7-9H2,1H3. The zero-order chi connectivity index (χ0) is 10.9. The zero-order valence-electron chi connectivity index (χ0n) is 9.28. The van der Waals surface area contributed by atoms with Gasteiger partial charge in [0.05, 0.1) is 6.61 Å². The van der Waals surface area contributed by atoms with Crippen LogP contribution in [0, 0.1) is 0 Å². The third kappa shape index (κ3) is 4.97. The Bertz CT molecular complexity index is 261. The molecule has 1 aromatic rings. The van der Waals surface area contributed by atoms with Crippen LogP contribution in [0.4, 0.5) is 0 Å². The van der Waals surface area contributed by atoms with E-state index >= 15 is 0 Å². The SMILES string of the molecule is COCCNCc1ccn(CCCO)c1. The fourth-order valence-electron chi connectivity index (χ4n) is 1.39. The van der Waals surface area contributed by atoms with Crippen LogP contribution >= 0.6 is 0 Å². The van der Waals surface area contributed by atoms with Crippen LogP contribution in [0.1, 0.15) is 12.0 Å². The Morgan fingerprint density at radius 1 is 1.53 bits per heavy atom. The lowest BCUT2D eigenvalue weighted by atomic mass is 10.3. The van der Waals surface area contributed by atoms with Crippen LogP contribution in [0.25, 0.3) is 0 Å². The quantitative estimate of drug-likeness (QED) is 0.621. The molecule has 0 radical (unpaired) electrons. The van der Waals surface area contributed by atoms with E-state index in [0.717, 1.165) is 32.7 Å². The second-order valence-corrected chi connectivity index (χ2v) is 3.50. The minimum Gasteiger partial charge on any atom is -0.396 e. The summed E-state index contributed by atoms with van der Waals surface area (Å²) in [6, 6.07) is 2.09. The van der Waals surface area contributed by atoms with Gasteiger partial charge >= 0.3 is 0 Å². The summed E-state index contributed by atoms with van der Waals surface area (Å²) < 4.78 is 7.04. The number of rotatable bonds is 8. The zero-order valence-corrected chi connectivity index (χ0v) is 9.28. The first-order valence-electron chi connectivity index (χ1n) is 5.32. The van der Waals surface area contributed by atoms with Gasteiger partial charge in [0.15, 0.2) is 0 Å².